The Hall–Kier alpha value is -1.30. The van der Waals surface area contributed by atoms with Crippen LogP contribution in [0.15, 0.2) is 18.2 Å². The van der Waals surface area contributed by atoms with Crippen molar-refractivity contribution in [1.29, 1.82) is 0 Å². The third kappa shape index (κ3) is 3.75. The first-order valence-electron chi connectivity index (χ1n) is 4.57. The predicted octanol–water partition coefficient (Wildman–Crippen LogP) is -0.156. The normalized spacial score (nSPS) is 12.7. The van der Waals surface area contributed by atoms with Gasteiger partial charge in [0.1, 0.15) is 11.9 Å². The average molecular weight is 213 g/mol. The number of hydrogen-bond donors (Lipinski definition) is 4. The largest absolute Gasteiger partial charge is 0.506 e. The number of benzene rings is 1. The van der Waals surface area contributed by atoms with Crippen molar-refractivity contribution in [3.63, 3.8) is 0 Å². The number of aliphatic hydroxyl groups is 2. The second-order valence-corrected chi connectivity index (χ2v) is 3.24. The van der Waals surface area contributed by atoms with Gasteiger partial charge in [0.2, 0.25) is 0 Å². The molecule has 0 aromatic heterocycles. The Balaban J connectivity index is 2.41. The summed E-state index contributed by atoms with van der Waals surface area (Å²) in [6.45, 7) is -0.0144. The summed E-state index contributed by atoms with van der Waals surface area (Å²) in [5, 5.41) is 26.8. The fourth-order valence-corrected chi connectivity index (χ4v) is 1.04. The van der Waals surface area contributed by atoms with E-state index in [1.807, 2.05) is 0 Å². The Morgan fingerprint density at radius 3 is 2.73 bits per heavy atom. The van der Waals surface area contributed by atoms with Gasteiger partial charge in [0, 0.05) is 0 Å². The van der Waals surface area contributed by atoms with E-state index >= 15 is 0 Å². The van der Waals surface area contributed by atoms with E-state index in [-0.39, 0.29) is 25.6 Å². The molecule has 1 atom stereocenters. The maximum Gasteiger partial charge on any atom is 0.138 e. The van der Waals surface area contributed by atoms with Gasteiger partial charge in [-0.2, -0.15) is 0 Å². The van der Waals surface area contributed by atoms with Crippen LogP contribution >= 0.6 is 0 Å². The molecule has 0 saturated carbocycles. The third-order valence-electron chi connectivity index (χ3n) is 1.88. The zero-order valence-corrected chi connectivity index (χ0v) is 8.26. The highest BCUT2D eigenvalue weighted by Crippen LogP contribution is 2.20. The smallest absolute Gasteiger partial charge is 0.138 e. The summed E-state index contributed by atoms with van der Waals surface area (Å²) in [5.74, 6) is 0.0128. The molecule has 0 radical (unpaired) electrons. The van der Waals surface area contributed by atoms with Crippen LogP contribution < -0.4 is 5.73 Å². The Kier molecular flexibility index (Phi) is 4.36. The van der Waals surface area contributed by atoms with Gasteiger partial charge in [0.15, 0.2) is 0 Å². The van der Waals surface area contributed by atoms with Crippen LogP contribution in [0.4, 0.5) is 5.69 Å². The number of anilines is 1. The van der Waals surface area contributed by atoms with Crippen LogP contribution in [0.1, 0.15) is 5.56 Å². The monoisotopic (exact) mass is 213 g/mol. The molecule has 0 heterocycles. The summed E-state index contributed by atoms with van der Waals surface area (Å²) in [6.07, 6.45) is -0.868. The molecule has 0 fully saturated rings. The molecule has 5 N–H and O–H groups in total. The number of nitrogens with two attached hydrogens (primary N) is 1. The molecule has 1 aromatic rings. The number of ether oxygens (including phenoxy) is 1. The van der Waals surface area contributed by atoms with Crippen molar-refractivity contribution < 1.29 is 20.1 Å². The Morgan fingerprint density at radius 1 is 1.40 bits per heavy atom. The number of aromatic hydroxyl groups is 1. The van der Waals surface area contributed by atoms with E-state index < -0.39 is 6.10 Å². The Morgan fingerprint density at radius 2 is 2.13 bits per heavy atom. The summed E-state index contributed by atoms with van der Waals surface area (Å²) >= 11 is 0. The van der Waals surface area contributed by atoms with Gasteiger partial charge >= 0.3 is 0 Å². The lowest BCUT2D eigenvalue weighted by Gasteiger charge is -2.08. The lowest BCUT2D eigenvalue weighted by atomic mass is 10.2. The van der Waals surface area contributed by atoms with Crippen molar-refractivity contribution in [2.75, 3.05) is 18.9 Å². The molecule has 5 heteroatoms. The van der Waals surface area contributed by atoms with Crippen molar-refractivity contribution in [2.45, 2.75) is 12.7 Å². The summed E-state index contributed by atoms with van der Waals surface area (Å²) < 4.78 is 5.11. The molecule has 1 unspecified atom stereocenters. The highest BCUT2D eigenvalue weighted by Gasteiger charge is 2.03. The van der Waals surface area contributed by atoms with E-state index in [0.29, 0.717) is 5.69 Å². The van der Waals surface area contributed by atoms with Crippen molar-refractivity contribution in [3.05, 3.63) is 23.8 Å². The first kappa shape index (κ1) is 11.8. The van der Waals surface area contributed by atoms with Gasteiger partial charge < -0.3 is 25.8 Å². The van der Waals surface area contributed by atoms with Crippen LogP contribution in [0.25, 0.3) is 0 Å². The molecule has 0 spiro atoms. The number of phenolic OH excluding ortho intramolecular Hbond substituents is 1. The molecule has 0 aliphatic heterocycles. The molecule has 0 aliphatic carbocycles. The van der Waals surface area contributed by atoms with Crippen molar-refractivity contribution in [2.24, 2.45) is 0 Å². The average Bonchev–Trinajstić information content (AvgIpc) is 2.23. The summed E-state index contributed by atoms with van der Waals surface area (Å²) in [4.78, 5) is 0. The van der Waals surface area contributed by atoms with Gasteiger partial charge in [-0.15, -0.1) is 0 Å². The van der Waals surface area contributed by atoms with Crippen molar-refractivity contribution >= 4 is 5.69 Å². The van der Waals surface area contributed by atoms with Crippen LogP contribution in [-0.2, 0) is 11.3 Å². The van der Waals surface area contributed by atoms with Crippen molar-refractivity contribution in [3.8, 4) is 5.75 Å². The van der Waals surface area contributed by atoms with Gasteiger partial charge in [0.05, 0.1) is 25.5 Å². The molecule has 84 valence electrons. The van der Waals surface area contributed by atoms with Crippen LogP contribution in [0.5, 0.6) is 5.75 Å². The lowest BCUT2D eigenvalue weighted by Crippen LogP contribution is -2.19. The molecular formula is C10H15NO4. The number of nitrogen functional groups attached to an aromatic ring is 1. The lowest BCUT2D eigenvalue weighted by molar-refractivity contribution is -0.00000255. The Bertz CT molecular complexity index is 316. The minimum atomic E-state index is -0.868. The molecule has 1 rings (SSSR count). The predicted molar refractivity (Wildman–Crippen MR) is 55.3 cm³/mol. The van der Waals surface area contributed by atoms with Crippen LogP contribution in [0.3, 0.4) is 0 Å². The molecular weight excluding hydrogens is 198 g/mol. The summed E-state index contributed by atoms with van der Waals surface area (Å²) in [5.41, 5.74) is 6.49. The second-order valence-electron chi connectivity index (χ2n) is 3.24. The third-order valence-corrected chi connectivity index (χ3v) is 1.88. The highest BCUT2D eigenvalue weighted by atomic mass is 16.5. The molecule has 0 amide bonds. The van der Waals surface area contributed by atoms with E-state index in [2.05, 4.69) is 0 Å². The SMILES string of the molecule is Nc1ccc(COCC(O)CO)cc1O. The topological polar surface area (TPSA) is 95.9 Å². The minimum Gasteiger partial charge on any atom is -0.506 e. The van der Waals surface area contributed by atoms with E-state index in [1.54, 1.807) is 12.1 Å². The number of rotatable bonds is 5. The Labute approximate surface area is 87.7 Å². The van der Waals surface area contributed by atoms with E-state index in [9.17, 15) is 5.11 Å². The van der Waals surface area contributed by atoms with Gasteiger partial charge in [-0.1, -0.05) is 6.07 Å². The van der Waals surface area contributed by atoms with E-state index in [1.165, 1.54) is 6.07 Å². The van der Waals surface area contributed by atoms with Crippen LogP contribution in [-0.4, -0.2) is 34.6 Å². The molecule has 0 bridgehead atoms. The molecule has 1 aromatic carbocycles. The zero-order valence-electron chi connectivity index (χ0n) is 8.26. The standard InChI is InChI=1S/C10H15NO4/c11-9-2-1-7(3-10(9)14)5-15-6-8(13)4-12/h1-3,8,12-14H,4-6,11H2. The van der Waals surface area contributed by atoms with Crippen LogP contribution in [0.2, 0.25) is 0 Å². The molecule has 0 saturated heterocycles. The highest BCUT2D eigenvalue weighted by molar-refractivity contribution is 5.52. The quantitative estimate of drug-likeness (QED) is 0.403. The van der Waals surface area contributed by atoms with E-state index in [0.717, 1.165) is 5.56 Å². The zero-order chi connectivity index (χ0) is 11.3. The molecule has 5 nitrogen and oxygen atoms in total. The fourth-order valence-electron chi connectivity index (χ4n) is 1.04. The van der Waals surface area contributed by atoms with Gasteiger partial charge in [-0.25, -0.2) is 0 Å². The van der Waals surface area contributed by atoms with Gasteiger partial charge in [0.25, 0.3) is 0 Å². The molecule has 0 aliphatic rings. The maximum absolute atomic E-state index is 9.28. The minimum absolute atomic E-state index is 0.0128. The number of hydrogen-bond acceptors (Lipinski definition) is 5. The number of phenols is 1. The van der Waals surface area contributed by atoms with Crippen LogP contribution in [0, 0.1) is 0 Å². The van der Waals surface area contributed by atoms with E-state index in [4.69, 9.17) is 20.7 Å². The van der Waals surface area contributed by atoms with Gasteiger partial charge in [-0.05, 0) is 17.7 Å². The fraction of sp³-hybridized carbons (Fsp3) is 0.400. The van der Waals surface area contributed by atoms with Crippen molar-refractivity contribution in [1.82, 2.24) is 0 Å². The first-order valence-corrected chi connectivity index (χ1v) is 4.57. The molecule has 15 heavy (non-hydrogen) atoms. The first-order chi connectivity index (χ1) is 7.13. The summed E-state index contributed by atoms with van der Waals surface area (Å²) in [6, 6.07) is 4.80. The van der Waals surface area contributed by atoms with Gasteiger partial charge in [-0.3, -0.25) is 0 Å². The maximum atomic E-state index is 9.28. The summed E-state index contributed by atoms with van der Waals surface area (Å²) in [7, 11) is 0. The number of aliphatic hydroxyl groups excluding tert-OH is 2. The second kappa shape index (κ2) is 5.55.